The van der Waals surface area contributed by atoms with Gasteiger partial charge in [-0.3, -0.25) is 0 Å². The summed E-state index contributed by atoms with van der Waals surface area (Å²) in [7, 11) is 1.50. The van der Waals surface area contributed by atoms with E-state index < -0.39 is 6.48 Å². The first-order valence-corrected chi connectivity index (χ1v) is 3.04. The molecule has 0 saturated heterocycles. The molecule has 0 fully saturated rings. The molecule has 0 radical (unpaired) electrons. The molecular weight excluding hydrogens is 132 g/mol. The van der Waals surface area contributed by atoms with Gasteiger partial charge in [-0.2, -0.15) is 0 Å². The molecule has 3 heteroatoms. The van der Waals surface area contributed by atoms with Crippen molar-refractivity contribution in [3.05, 3.63) is 0 Å². The molecule has 58 valence electrons. The molecule has 0 N–H and O–H groups in total. The van der Waals surface area contributed by atoms with Crippen LogP contribution in [0, 0.1) is 12.3 Å². The van der Waals surface area contributed by atoms with Gasteiger partial charge in [0.15, 0.2) is 0 Å². The third-order valence-corrected chi connectivity index (χ3v) is 0.798. The molecule has 0 aliphatic rings. The van der Waals surface area contributed by atoms with Crippen LogP contribution in [0.4, 0.5) is 0 Å². The van der Waals surface area contributed by atoms with Crippen LogP contribution in [0.15, 0.2) is 0 Å². The normalized spacial score (nSPS) is 12.5. The zero-order valence-corrected chi connectivity index (χ0v) is 6.29. The van der Waals surface area contributed by atoms with E-state index in [2.05, 4.69) is 5.92 Å². The van der Waals surface area contributed by atoms with E-state index in [0.717, 1.165) is 0 Å². The van der Waals surface area contributed by atoms with Gasteiger partial charge >= 0.3 is 0 Å². The summed E-state index contributed by atoms with van der Waals surface area (Å²) < 4.78 is 14.6. The van der Waals surface area contributed by atoms with Gasteiger partial charge in [0.2, 0.25) is 0 Å². The molecule has 0 amide bonds. The van der Waals surface area contributed by atoms with Crippen LogP contribution < -0.4 is 0 Å². The molecule has 0 rings (SSSR count). The second-order valence-corrected chi connectivity index (χ2v) is 1.49. The Hall–Kier alpha value is -0.560. The molecule has 0 aromatic heterocycles. The van der Waals surface area contributed by atoms with E-state index >= 15 is 0 Å². The number of hydrogen-bond donors (Lipinski definition) is 0. The third-order valence-electron chi connectivity index (χ3n) is 0.798. The van der Waals surface area contributed by atoms with Gasteiger partial charge in [0, 0.05) is 13.7 Å². The molecule has 0 heterocycles. The standard InChI is InChI=1S/C7H12O3/c1-4-6-10-7(8-3)9-5-2/h1,7H,5-6H2,2-3H3. The highest BCUT2D eigenvalue weighted by Crippen LogP contribution is 1.93. The molecule has 0 aliphatic carbocycles. The highest BCUT2D eigenvalue weighted by molar-refractivity contribution is 4.82. The van der Waals surface area contributed by atoms with Gasteiger partial charge in [0.25, 0.3) is 6.48 Å². The summed E-state index contributed by atoms with van der Waals surface area (Å²) in [6, 6.07) is 0. The van der Waals surface area contributed by atoms with Crippen LogP contribution in [0.1, 0.15) is 6.92 Å². The minimum atomic E-state index is -0.624. The van der Waals surface area contributed by atoms with Gasteiger partial charge in [0.05, 0.1) is 0 Å². The lowest BCUT2D eigenvalue weighted by Crippen LogP contribution is -2.19. The Morgan fingerprint density at radius 2 is 2.20 bits per heavy atom. The minimum Gasteiger partial charge on any atom is -0.333 e. The van der Waals surface area contributed by atoms with Crippen molar-refractivity contribution in [1.29, 1.82) is 0 Å². The Morgan fingerprint density at radius 3 is 2.60 bits per heavy atom. The first-order chi connectivity index (χ1) is 4.85. The van der Waals surface area contributed by atoms with E-state index in [0.29, 0.717) is 6.61 Å². The van der Waals surface area contributed by atoms with Crippen molar-refractivity contribution in [1.82, 2.24) is 0 Å². The molecule has 0 saturated carbocycles. The van der Waals surface area contributed by atoms with Crippen molar-refractivity contribution in [2.75, 3.05) is 20.3 Å². The predicted molar refractivity (Wildman–Crippen MR) is 37.2 cm³/mol. The van der Waals surface area contributed by atoms with Crippen molar-refractivity contribution >= 4 is 0 Å². The van der Waals surface area contributed by atoms with E-state index in [9.17, 15) is 0 Å². The SMILES string of the molecule is C#CCOC(OC)OCC. The quantitative estimate of drug-likeness (QED) is 0.418. The number of ether oxygens (including phenoxy) is 3. The van der Waals surface area contributed by atoms with Gasteiger partial charge in [-0.25, -0.2) is 0 Å². The summed E-state index contributed by atoms with van der Waals surface area (Å²) in [5.74, 6) is 2.31. The van der Waals surface area contributed by atoms with Crippen molar-refractivity contribution in [3.8, 4) is 12.3 Å². The largest absolute Gasteiger partial charge is 0.333 e. The molecule has 1 atom stereocenters. The van der Waals surface area contributed by atoms with Gasteiger partial charge in [-0.05, 0) is 6.92 Å². The second-order valence-electron chi connectivity index (χ2n) is 1.49. The Morgan fingerprint density at radius 1 is 1.50 bits per heavy atom. The fourth-order valence-corrected chi connectivity index (χ4v) is 0.436. The van der Waals surface area contributed by atoms with Gasteiger partial charge in [0.1, 0.15) is 6.61 Å². The maximum atomic E-state index is 4.95. The number of hydrogen-bond acceptors (Lipinski definition) is 3. The summed E-state index contributed by atoms with van der Waals surface area (Å²) in [4.78, 5) is 0. The van der Waals surface area contributed by atoms with E-state index in [1.807, 2.05) is 6.92 Å². The molecule has 0 bridgehead atoms. The van der Waals surface area contributed by atoms with E-state index in [-0.39, 0.29) is 6.61 Å². The third kappa shape index (κ3) is 4.33. The van der Waals surface area contributed by atoms with E-state index in [4.69, 9.17) is 20.6 Å². The summed E-state index contributed by atoms with van der Waals surface area (Å²) >= 11 is 0. The average molecular weight is 144 g/mol. The monoisotopic (exact) mass is 144 g/mol. The van der Waals surface area contributed by atoms with Crippen LogP contribution in [0.3, 0.4) is 0 Å². The topological polar surface area (TPSA) is 27.7 Å². The number of rotatable bonds is 5. The molecule has 3 nitrogen and oxygen atoms in total. The fraction of sp³-hybridized carbons (Fsp3) is 0.714. The summed E-state index contributed by atoms with van der Waals surface area (Å²) in [5.41, 5.74) is 0. The zero-order chi connectivity index (χ0) is 7.82. The summed E-state index contributed by atoms with van der Waals surface area (Å²) in [5, 5.41) is 0. The maximum absolute atomic E-state index is 4.95. The zero-order valence-electron chi connectivity index (χ0n) is 6.29. The molecule has 0 aliphatic heterocycles. The lowest BCUT2D eigenvalue weighted by Gasteiger charge is -2.12. The van der Waals surface area contributed by atoms with Crippen molar-refractivity contribution in [2.45, 2.75) is 13.4 Å². The summed E-state index contributed by atoms with van der Waals surface area (Å²) in [6.07, 6.45) is 4.94. The molecule has 0 aromatic carbocycles. The van der Waals surface area contributed by atoms with Crippen LogP contribution in [-0.2, 0) is 14.2 Å². The molecular formula is C7H12O3. The summed E-state index contributed by atoms with van der Waals surface area (Å²) in [6.45, 7) is 1.98. The van der Waals surface area contributed by atoms with Crippen LogP contribution in [0.2, 0.25) is 0 Å². The van der Waals surface area contributed by atoms with Crippen LogP contribution in [0.25, 0.3) is 0 Å². The van der Waals surface area contributed by atoms with Gasteiger partial charge in [-0.1, -0.05) is 5.92 Å². The maximum Gasteiger partial charge on any atom is 0.272 e. The van der Waals surface area contributed by atoms with Crippen LogP contribution in [-0.4, -0.2) is 26.8 Å². The van der Waals surface area contributed by atoms with Crippen molar-refractivity contribution in [3.63, 3.8) is 0 Å². The molecule has 0 spiro atoms. The highest BCUT2D eigenvalue weighted by Gasteiger charge is 2.03. The minimum absolute atomic E-state index is 0.207. The lowest BCUT2D eigenvalue weighted by molar-refractivity contribution is -0.269. The first kappa shape index (κ1) is 9.44. The molecule has 1 unspecified atom stereocenters. The Bertz CT molecular complexity index is 106. The Balaban J connectivity index is 3.32. The van der Waals surface area contributed by atoms with Gasteiger partial charge in [-0.15, -0.1) is 6.42 Å². The van der Waals surface area contributed by atoms with E-state index in [1.54, 1.807) is 0 Å². The van der Waals surface area contributed by atoms with E-state index in [1.165, 1.54) is 7.11 Å². The Labute approximate surface area is 61.3 Å². The highest BCUT2D eigenvalue weighted by atomic mass is 16.8. The van der Waals surface area contributed by atoms with Crippen molar-refractivity contribution in [2.24, 2.45) is 0 Å². The lowest BCUT2D eigenvalue weighted by atomic mass is 10.7. The first-order valence-electron chi connectivity index (χ1n) is 3.04. The van der Waals surface area contributed by atoms with Crippen LogP contribution >= 0.6 is 0 Å². The second kappa shape index (κ2) is 6.56. The number of terminal acetylenes is 1. The van der Waals surface area contributed by atoms with Crippen molar-refractivity contribution < 1.29 is 14.2 Å². The smallest absolute Gasteiger partial charge is 0.272 e. The molecule has 10 heavy (non-hydrogen) atoms. The average Bonchev–Trinajstić information content (AvgIpc) is 1.98. The fourth-order valence-electron chi connectivity index (χ4n) is 0.436. The molecule has 0 aromatic rings. The number of methoxy groups -OCH3 is 1. The van der Waals surface area contributed by atoms with Crippen LogP contribution in [0.5, 0.6) is 0 Å². The van der Waals surface area contributed by atoms with Gasteiger partial charge < -0.3 is 14.2 Å². The Kier molecular flexibility index (Phi) is 6.19. The predicted octanol–water partition coefficient (Wildman–Crippen LogP) is 0.603.